The standard InChI is InChI=1S/C21H23FN4O3S/c1-12-13(2)15(4)20(16(5)14(12)3)30(28,29)25-24-21(27)19-10-23-11-26(19)18-8-6-17(22)7-9-18/h6-11,25H,1-5H3,(H,24,27). The first-order valence-corrected chi connectivity index (χ1v) is 10.7. The molecule has 0 atom stereocenters. The van der Waals surface area contributed by atoms with Gasteiger partial charge in [-0.2, -0.15) is 0 Å². The number of benzene rings is 2. The van der Waals surface area contributed by atoms with Crippen molar-refractivity contribution in [1.82, 2.24) is 19.8 Å². The second kappa shape index (κ2) is 8.00. The van der Waals surface area contributed by atoms with Crippen LogP contribution < -0.4 is 10.3 Å². The van der Waals surface area contributed by atoms with Crippen LogP contribution in [0, 0.1) is 40.4 Å². The van der Waals surface area contributed by atoms with Gasteiger partial charge in [0.2, 0.25) is 0 Å². The van der Waals surface area contributed by atoms with Crippen molar-refractivity contribution in [2.45, 2.75) is 39.5 Å². The molecule has 0 bridgehead atoms. The van der Waals surface area contributed by atoms with Crippen molar-refractivity contribution < 1.29 is 17.6 Å². The third-order valence-corrected chi connectivity index (χ3v) is 7.00. The molecule has 0 fully saturated rings. The molecule has 0 spiro atoms. The Morgan fingerprint density at radius 3 is 2.03 bits per heavy atom. The van der Waals surface area contributed by atoms with E-state index in [1.807, 2.05) is 20.8 Å². The molecule has 7 nitrogen and oxygen atoms in total. The largest absolute Gasteiger partial charge is 0.295 e. The van der Waals surface area contributed by atoms with Gasteiger partial charge in [-0.3, -0.25) is 14.8 Å². The molecular formula is C21H23FN4O3S. The van der Waals surface area contributed by atoms with Gasteiger partial charge in [0.25, 0.3) is 15.9 Å². The lowest BCUT2D eigenvalue weighted by Gasteiger charge is -2.19. The Hall–Kier alpha value is -3.04. The summed E-state index contributed by atoms with van der Waals surface area (Å²) in [4.78, 5) is 18.9. The number of hydrogen-bond acceptors (Lipinski definition) is 4. The zero-order valence-electron chi connectivity index (χ0n) is 17.4. The number of rotatable bonds is 5. The molecule has 0 aliphatic carbocycles. The van der Waals surface area contributed by atoms with Gasteiger partial charge in [0.15, 0.2) is 0 Å². The first-order chi connectivity index (χ1) is 14.0. The number of aromatic nitrogens is 2. The number of carbonyl (C=O) groups is 1. The van der Waals surface area contributed by atoms with Gasteiger partial charge >= 0.3 is 0 Å². The Labute approximate surface area is 175 Å². The summed E-state index contributed by atoms with van der Waals surface area (Å²) in [5, 5.41) is 0. The number of halogens is 1. The Bertz CT molecular complexity index is 1200. The van der Waals surface area contributed by atoms with E-state index in [2.05, 4.69) is 15.2 Å². The van der Waals surface area contributed by atoms with Gasteiger partial charge in [-0.05, 0) is 86.7 Å². The normalized spacial score (nSPS) is 11.5. The van der Waals surface area contributed by atoms with Crippen LogP contribution in [0.4, 0.5) is 4.39 Å². The van der Waals surface area contributed by atoms with Gasteiger partial charge in [0.1, 0.15) is 11.5 Å². The molecule has 158 valence electrons. The predicted octanol–water partition coefficient (Wildman–Crippen LogP) is 3.18. The maximum atomic E-state index is 13.2. The van der Waals surface area contributed by atoms with Gasteiger partial charge in [-0.1, -0.05) is 0 Å². The summed E-state index contributed by atoms with van der Waals surface area (Å²) in [6.07, 6.45) is 2.68. The molecule has 0 radical (unpaired) electrons. The van der Waals surface area contributed by atoms with Crippen molar-refractivity contribution in [3.63, 3.8) is 0 Å². The Kier molecular flexibility index (Phi) is 5.78. The first-order valence-electron chi connectivity index (χ1n) is 9.22. The molecule has 1 aromatic heterocycles. The fourth-order valence-corrected chi connectivity index (χ4v) is 4.81. The lowest BCUT2D eigenvalue weighted by Crippen LogP contribution is -2.42. The van der Waals surface area contributed by atoms with E-state index in [0.29, 0.717) is 16.8 Å². The van der Waals surface area contributed by atoms with Crippen LogP contribution in [0.1, 0.15) is 38.3 Å². The number of hydrogen-bond donors (Lipinski definition) is 2. The van der Waals surface area contributed by atoms with Crippen LogP contribution in [-0.2, 0) is 10.0 Å². The van der Waals surface area contributed by atoms with Crippen molar-refractivity contribution in [3.05, 3.63) is 76.1 Å². The van der Waals surface area contributed by atoms with Crippen LogP contribution in [0.15, 0.2) is 41.7 Å². The average Bonchev–Trinajstić information content (AvgIpc) is 3.19. The van der Waals surface area contributed by atoms with Crippen molar-refractivity contribution in [1.29, 1.82) is 0 Å². The van der Waals surface area contributed by atoms with Crippen molar-refractivity contribution >= 4 is 15.9 Å². The topological polar surface area (TPSA) is 93.1 Å². The van der Waals surface area contributed by atoms with Crippen LogP contribution in [0.5, 0.6) is 0 Å². The molecule has 3 rings (SSSR count). The summed E-state index contributed by atoms with van der Waals surface area (Å²) < 4.78 is 40.5. The van der Waals surface area contributed by atoms with E-state index in [-0.39, 0.29) is 10.6 Å². The van der Waals surface area contributed by atoms with Crippen LogP contribution in [0.2, 0.25) is 0 Å². The molecule has 30 heavy (non-hydrogen) atoms. The molecule has 1 amide bonds. The first kappa shape index (κ1) is 21.7. The van der Waals surface area contributed by atoms with E-state index < -0.39 is 21.7 Å². The smallest absolute Gasteiger partial charge is 0.284 e. The average molecular weight is 431 g/mol. The van der Waals surface area contributed by atoms with E-state index in [0.717, 1.165) is 16.7 Å². The highest BCUT2D eigenvalue weighted by atomic mass is 32.2. The minimum absolute atomic E-state index is 0.0917. The summed E-state index contributed by atoms with van der Waals surface area (Å²) in [6.45, 7) is 9.18. The monoisotopic (exact) mass is 430 g/mol. The third-order valence-electron chi connectivity index (χ3n) is 5.47. The predicted molar refractivity (Wildman–Crippen MR) is 111 cm³/mol. The van der Waals surface area contributed by atoms with Gasteiger partial charge in [-0.25, -0.2) is 17.8 Å². The highest BCUT2D eigenvalue weighted by Gasteiger charge is 2.25. The Morgan fingerprint density at radius 2 is 1.47 bits per heavy atom. The zero-order chi connectivity index (χ0) is 22.2. The molecule has 2 N–H and O–H groups in total. The zero-order valence-corrected chi connectivity index (χ0v) is 18.2. The Morgan fingerprint density at radius 1 is 0.933 bits per heavy atom. The molecule has 0 aliphatic rings. The summed E-state index contributed by atoms with van der Waals surface area (Å²) in [7, 11) is -4.01. The summed E-state index contributed by atoms with van der Waals surface area (Å²) in [5.41, 5.74) is 6.93. The molecular weight excluding hydrogens is 407 g/mol. The molecule has 2 aromatic carbocycles. The van der Waals surface area contributed by atoms with Crippen molar-refractivity contribution in [3.8, 4) is 5.69 Å². The van der Waals surface area contributed by atoms with Crippen LogP contribution in [0.3, 0.4) is 0 Å². The molecule has 3 aromatic rings. The highest BCUT2D eigenvalue weighted by molar-refractivity contribution is 7.89. The van der Waals surface area contributed by atoms with Crippen molar-refractivity contribution in [2.75, 3.05) is 0 Å². The third kappa shape index (κ3) is 3.86. The maximum Gasteiger partial charge on any atom is 0.284 e. The lowest BCUT2D eigenvalue weighted by atomic mass is 9.95. The number of amides is 1. The van der Waals surface area contributed by atoms with Gasteiger partial charge in [-0.15, -0.1) is 4.83 Å². The number of nitrogens with zero attached hydrogens (tertiary/aromatic N) is 2. The van der Waals surface area contributed by atoms with Crippen LogP contribution in [-0.4, -0.2) is 23.9 Å². The molecule has 1 heterocycles. The van der Waals surface area contributed by atoms with E-state index >= 15 is 0 Å². The second-order valence-corrected chi connectivity index (χ2v) is 8.76. The van der Waals surface area contributed by atoms with E-state index in [1.165, 1.54) is 41.4 Å². The molecule has 0 saturated heterocycles. The highest BCUT2D eigenvalue weighted by Crippen LogP contribution is 2.29. The summed E-state index contributed by atoms with van der Waals surface area (Å²) in [6, 6.07) is 5.49. The number of nitrogens with one attached hydrogen (secondary N) is 2. The van der Waals surface area contributed by atoms with Crippen LogP contribution >= 0.6 is 0 Å². The summed E-state index contributed by atoms with van der Waals surface area (Å²) in [5.74, 6) is -1.11. The Balaban J connectivity index is 1.88. The number of hydrazine groups is 1. The number of carbonyl (C=O) groups excluding carboxylic acids is 1. The fourth-order valence-electron chi connectivity index (χ4n) is 3.37. The summed E-state index contributed by atoms with van der Waals surface area (Å²) >= 11 is 0. The number of imidazole rings is 1. The van der Waals surface area contributed by atoms with Crippen LogP contribution in [0.25, 0.3) is 5.69 Å². The van der Waals surface area contributed by atoms with Gasteiger partial charge in [0, 0.05) is 5.69 Å². The van der Waals surface area contributed by atoms with Gasteiger partial charge < -0.3 is 0 Å². The molecule has 9 heteroatoms. The molecule has 0 saturated carbocycles. The van der Waals surface area contributed by atoms with E-state index in [9.17, 15) is 17.6 Å². The maximum absolute atomic E-state index is 13.2. The number of sulfonamides is 1. The minimum Gasteiger partial charge on any atom is -0.295 e. The second-order valence-electron chi connectivity index (χ2n) is 7.14. The lowest BCUT2D eigenvalue weighted by molar-refractivity contribution is 0.0938. The van der Waals surface area contributed by atoms with E-state index in [1.54, 1.807) is 13.8 Å². The van der Waals surface area contributed by atoms with Gasteiger partial charge in [0.05, 0.1) is 17.4 Å². The SMILES string of the molecule is Cc1c(C)c(C)c(S(=O)(=O)NNC(=O)c2cncn2-c2ccc(F)cc2)c(C)c1C. The molecule has 0 unspecified atom stereocenters. The van der Waals surface area contributed by atoms with Crippen molar-refractivity contribution in [2.24, 2.45) is 0 Å². The minimum atomic E-state index is -4.01. The van der Waals surface area contributed by atoms with E-state index in [4.69, 9.17) is 0 Å². The molecule has 0 aliphatic heterocycles. The fraction of sp³-hybridized carbons (Fsp3) is 0.238. The quantitative estimate of drug-likeness (QED) is 0.608.